The molecule has 0 saturated carbocycles. The lowest BCUT2D eigenvalue weighted by atomic mass is 9.71. The van der Waals surface area contributed by atoms with Crippen molar-refractivity contribution in [3.8, 4) is 0 Å². The van der Waals surface area contributed by atoms with Crippen LogP contribution in [0, 0.1) is 11.8 Å². The summed E-state index contributed by atoms with van der Waals surface area (Å²) in [6.45, 7) is 11.4. The van der Waals surface area contributed by atoms with Crippen LogP contribution in [0.2, 0.25) is 0 Å². The van der Waals surface area contributed by atoms with E-state index in [4.69, 9.17) is 9.84 Å². The maximum absolute atomic E-state index is 14.0. The van der Waals surface area contributed by atoms with Crippen molar-refractivity contribution >= 4 is 29.5 Å². The second-order valence-electron chi connectivity index (χ2n) is 9.57. The van der Waals surface area contributed by atoms with Crippen molar-refractivity contribution in [2.75, 3.05) is 32.8 Å². The lowest BCUT2D eigenvalue weighted by Crippen LogP contribution is -2.55. The van der Waals surface area contributed by atoms with Crippen LogP contribution in [0.3, 0.4) is 0 Å². The Morgan fingerprint density at radius 2 is 2.00 bits per heavy atom. The molecule has 3 saturated heterocycles. The van der Waals surface area contributed by atoms with Gasteiger partial charge in [-0.3, -0.25) is 14.4 Å². The van der Waals surface area contributed by atoms with Gasteiger partial charge < -0.3 is 19.6 Å². The highest BCUT2D eigenvalue weighted by atomic mass is 32.2. The highest BCUT2D eigenvalue weighted by molar-refractivity contribution is 8.02. The number of likely N-dealkylation sites (tertiary alicyclic amines) is 1. The van der Waals surface area contributed by atoms with Crippen LogP contribution in [0.4, 0.5) is 0 Å². The molecule has 0 aromatic heterocycles. The van der Waals surface area contributed by atoms with Gasteiger partial charge in [0.25, 0.3) is 0 Å². The molecule has 5 atom stereocenters. The number of ether oxygens (including phenoxy) is 1. The number of carbonyl (C=O) groups excluding carboxylic acids is 3. The summed E-state index contributed by atoms with van der Waals surface area (Å²) < 4.78 is 4.83. The first-order valence-corrected chi connectivity index (χ1v) is 13.6. The first-order valence-electron chi connectivity index (χ1n) is 12.7. The first-order chi connectivity index (χ1) is 16.5. The van der Waals surface area contributed by atoms with E-state index in [2.05, 4.69) is 20.1 Å². The number of rotatable bonds is 15. The van der Waals surface area contributed by atoms with Crippen LogP contribution in [0.15, 0.2) is 25.3 Å². The summed E-state index contributed by atoms with van der Waals surface area (Å²) in [5.74, 6) is -1.47. The minimum absolute atomic E-state index is 0.0109. The van der Waals surface area contributed by atoms with Gasteiger partial charge in [0, 0.05) is 31.5 Å². The number of aliphatic hydroxyl groups is 1. The Morgan fingerprint density at radius 1 is 1.24 bits per heavy atom. The largest absolute Gasteiger partial charge is 0.461 e. The zero-order chi connectivity index (χ0) is 24.7. The second kappa shape index (κ2) is 12.2. The van der Waals surface area contributed by atoms with Crippen molar-refractivity contribution in [3.05, 3.63) is 25.3 Å². The molecule has 0 aromatic rings. The van der Waals surface area contributed by atoms with Crippen LogP contribution in [-0.4, -0.2) is 81.6 Å². The first kappa shape index (κ1) is 26.8. The Labute approximate surface area is 208 Å². The third-order valence-corrected chi connectivity index (χ3v) is 9.35. The van der Waals surface area contributed by atoms with E-state index in [9.17, 15) is 14.4 Å². The van der Waals surface area contributed by atoms with Crippen LogP contribution in [0.5, 0.6) is 0 Å². The van der Waals surface area contributed by atoms with E-state index >= 15 is 0 Å². The van der Waals surface area contributed by atoms with Gasteiger partial charge in [-0.15, -0.1) is 18.3 Å². The normalized spacial score (nSPS) is 29.2. The number of aliphatic hydroxyl groups excluding tert-OH is 1. The average Bonchev–Trinajstić information content (AvgIpc) is 3.47. The Balaban J connectivity index is 1.90. The zero-order valence-corrected chi connectivity index (χ0v) is 21.3. The molecule has 2 bridgehead atoms. The lowest BCUT2D eigenvalue weighted by molar-refractivity contribution is -0.153. The molecule has 7 nitrogen and oxygen atoms in total. The fourth-order valence-corrected chi connectivity index (χ4v) is 8.10. The highest BCUT2D eigenvalue weighted by Gasteiger charge is 2.74. The Morgan fingerprint density at radius 3 is 2.68 bits per heavy atom. The SMILES string of the molecule is C=CCOC(=O)[C@@H]1[C@H]2C(=O)N(CCCCCCO)C(C(=O)N(CC=C)CCCC)C23CC[C@H]1S3. The number of hydrogen-bond donors (Lipinski definition) is 1. The van der Waals surface area contributed by atoms with Crippen molar-refractivity contribution in [1.29, 1.82) is 0 Å². The Kier molecular flexibility index (Phi) is 9.65. The van der Waals surface area contributed by atoms with E-state index in [0.29, 0.717) is 19.6 Å². The molecule has 190 valence electrons. The summed E-state index contributed by atoms with van der Waals surface area (Å²) in [6, 6.07) is -0.563. The van der Waals surface area contributed by atoms with Gasteiger partial charge in [-0.25, -0.2) is 0 Å². The number of hydrogen-bond acceptors (Lipinski definition) is 6. The zero-order valence-electron chi connectivity index (χ0n) is 20.5. The van der Waals surface area contributed by atoms with Crippen LogP contribution in [-0.2, 0) is 19.1 Å². The second-order valence-corrected chi connectivity index (χ2v) is 11.2. The van der Waals surface area contributed by atoms with E-state index in [1.807, 2.05) is 4.90 Å². The molecule has 0 aromatic carbocycles. The van der Waals surface area contributed by atoms with Crippen molar-refractivity contribution in [3.63, 3.8) is 0 Å². The van der Waals surface area contributed by atoms with Crippen molar-refractivity contribution < 1.29 is 24.2 Å². The molecular formula is C26H40N2O5S. The maximum atomic E-state index is 14.0. The summed E-state index contributed by atoms with van der Waals surface area (Å²) >= 11 is 1.67. The number of unbranched alkanes of at least 4 members (excludes halogenated alkanes) is 4. The topological polar surface area (TPSA) is 87.1 Å². The van der Waals surface area contributed by atoms with Crippen molar-refractivity contribution in [1.82, 2.24) is 9.80 Å². The molecule has 8 heteroatoms. The van der Waals surface area contributed by atoms with Gasteiger partial charge in [0.05, 0.1) is 16.6 Å². The van der Waals surface area contributed by atoms with Crippen LogP contribution in [0.1, 0.15) is 58.3 Å². The maximum Gasteiger partial charge on any atom is 0.311 e. The predicted molar refractivity (Wildman–Crippen MR) is 134 cm³/mol. The highest BCUT2D eigenvalue weighted by Crippen LogP contribution is 2.66. The third kappa shape index (κ3) is 5.08. The van der Waals surface area contributed by atoms with E-state index in [-0.39, 0.29) is 36.2 Å². The summed E-state index contributed by atoms with van der Waals surface area (Å²) in [5, 5.41) is 9.07. The van der Waals surface area contributed by atoms with Crippen LogP contribution in [0.25, 0.3) is 0 Å². The fraction of sp³-hybridized carbons (Fsp3) is 0.731. The van der Waals surface area contributed by atoms with Crippen molar-refractivity contribution in [2.45, 2.75) is 74.3 Å². The fourth-order valence-electron chi connectivity index (χ4n) is 5.89. The molecule has 2 unspecified atom stereocenters. The quantitative estimate of drug-likeness (QED) is 0.215. The van der Waals surface area contributed by atoms with Gasteiger partial charge in [-0.05, 0) is 32.1 Å². The minimum Gasteiger partial charge on any atom is -0.461 e. The summed E-state index contributed by atoms with van der Waals surface area (Å²) in [6.07, 6.45) is 10.0. The van der Waals surface area contributed by atoms with Gasteiger partial charge in [0.1, 0.15) is 12.6 Å². The molecule has 2 amide bonds. The monoisotopic (exact) mass is 492 g/mol. The van der Waals surface area contributed by atoms with Gasteiger partial charge in [0.2, 0.25) is 11.8 Å². The molecule has 1 N–H and O–H groups in total. The molecule has 0 radical (unpaired) electrons. The smallest absolute Gasteiger partial charge is 0.311 e. The molecule has 0 aliphatic carbocycles. The van der Waals surface area contributed by atoms with Crippen LogP contribution >= 0.6 is 11.8 Å². The Hall–Kier alpha value is -1.80. The van der Waals surface area contributed by atoms with E-state index in [1.54, 1.807) is 22.7 Å². The molecule has 3 aliphatic rings. The van der Waals surface area contributed by atoms with E-state index in [0.717, 1.165) is 51.4 Å². The molecule has 34 heavy (non-hydrogen) atoms. The van der Waals surface area contributed by atoms with Crippen molar-refractivity contribution in [2.24, 2.45) is 11.8 Å². The summed E-state index contributed by atoms with van der Waals surface area (Å²) in [4.78, 5) is 44.5. The van der Waals surface area contributed by atoms with Gasteiger partial charge in [-0.2, -0.15) is 0 Å². The standard InChI is InChI=1S/C26H40N2O5S/c1-4-7-15-27(14-5-2)24(31)22-26-13-12-19(34-26)20(25(32)33-18-6-3)21(26)23(30)28(22)16-10-8-9-11-17-29/h5-6,19-22,29H,2-4,7-18H2,1H3/t19-,20+,21+,22?,26?/m1/s1. The van der Waals surface area contributed by atoms with Gasteiger partial charge in [0.15, 0.2) is 0 Å². The minimum atomic E-state index is -0.576. The third-order valence-electron chi connectivity index (χ3n) is 7.40. The molecule has 1 spiro atoms. The number of esters is 1. The van der Waals surface area contributed by atoms with E-state index < -0.39 is 22.6 Å². The Bertz CT molecular complexity index is 774. The molecular weight excluding hydrogens is 452 g/mol. The van der Waals surface area contributed by atoms with Gasteiger partial charge in [-0.1, -0.05) is 44.9 Å². The number of carbonyl (C=O) groups is 3. The number of fused-ring (bicyclic) bond motifs is 1. The molecule has 3 aliphatic heterocycles. The summed E-state index contributed by atoms with van der Waals surface area (Å²) in [5.41, 5.74) is 0. The van der Waals surface area contributed by atoms with Crippen LogP contribution < -0.4 is 0 Å². The number of amides is 2. The number of nitrogens with zero attached hydrogens (tertiary/aromatic N) is 2. The van der Waals surface area contributed by atoms with E-state index in [1.165, 1.54) is 6.08 Å². The average molecular weight is 493 g/mol. The van der Waals surface area contributed by atoms with Gasteiger partial charge >= 0.3 is 5.97 Å². The predicted octanol–water partition coefficient (Wildman–Crippen LogP) is 3.17. The molecule has 3 heterocycles. The molecule has 3 rings (SSSR count). The molecule has 3 fully saturated rings. The lowest BCUT2D eigenvalue weighted by Gasteiger charge is -2.37. The summed E-state index contributed by atoms with van der Waals surface area (Å²) in [7, 11) is 0. The number of thioether (sulfide) groups is 1.